The van der Waals surface area contributed by atoms with E-state index >= 15 is 0 Å². The number of esters is 1. The van der Waals surface area contributed by atoms with Gasteiger partial charge in [-0.2, -0.15) is 0 Å². The lowest BCUT2D eigenvalue weighted by molar-refractivity contribution is -0.142. The third-order valence-electron chi connectivity index (χ3n) is 3.89. The predicted octanol–water partition coefficient (Wildman–Crippen LogP) is 2.23. The van der Waals surface area contributed by atoms with Crippen molar-refractivity contribution in [3.63, 3.8) is 0 Å². The molecule has 5 heteroatoms. The van der Waals surface area contributed by atoms with Gasteiger partial charge in [0.25, 0.3) is 5.91 Å². The van der Waals surface area contributed by atoms with Gasteiger partial charge in [0.1, 0.15) is 6.04 Å². The van der Waals surface area contributed by atoms with Crippen LogP contribution < -0.4 is 11.1 Å². The van der Waals surface area contributed by atoms with Gasteiger partial charge < -0.3 is 15.8 Å². The van der Waals surface area contributed by atoms with Crippen LogP contribution in [0.4, 0.5) is 0 Å². The molecule has 0 aliphatic rings. The summed E-state index contributed by atoms with van der Waals surface area (Å²) in [4.78, 5) is 23.8. The first kappa shape index (κ1) is 19.2. The van der Waals surface area contributed by atoms with Crippen LogP contribution in [0.15, 0.2) is 48.5 Å². The lowest BCUT2D eigenvalue weighted by Crippen LogP contribution is -2.41. The number of ether oxygens (including phenoxy) is 1. The van der Waals surface area contributed by atoms with Crippen molar-refractivity contribution in [2.45, 2.75) is 25.9 Å². The second-order valence-corrected chi connectivity index (χ2v) is 5.69. The number of hydrogen-bond donors (Lipinski definition) is 2. The summed E-state index contributed by atoms with van der Waals surface area (Å²) in [5.74, 6) is 5.35. The van der Waals surface area contributed by atoms with Gasteiger partial charge in [0.05, 0.1) is 7.11 Å². The summed E-state index contributed by atoms with van der Waals surface area (Å²) in [5.41, 5.74) is 8.79. The molecule has 0 bridgehead atoms. The standard InChI is InChI=1S/C21H22N2O3/c1-3-19(21(25)26-2)23-20(24)18-12-10-16(11-13-18)5-4-15-6-8-17(14-22)9-7-15/h6-13,19H,3,14,22H2,1-2H3,(H,23,24)/t19-/m0/s1. The van der Waals surface area contributed by atoms with E-state index in [0.717, 1.165) is 16.7 Å². The third kappa shape index (κ3) is 5.20. The van der Waals surface area contributed by atoms with E-state index in [9.17, 15) is 9.59 Å². The summed E-state index contributed by atoms with van der Waals surface area (Å²) < 4.78 is 4.67. The van der Waals surface area contributed by atoms with Crippen LogP contribution in [-0.2, 0) is 16.1 Å². The molecule has 1 atom stereocenters. The molecule has 5 nitrogen and oxygen atoms in total. The first-order chi connectivity index (χ1) is 12.6. The number of nitrogens with two attached hydrogens (primary N) is 1. The van der Waals surface area contributed by atoms with Crippen LogP contribution in [-0.4, -0.2) is 25.0 Å². The van der Waals surface area contributed by atoms with Crippen molar-refractivity contribution in [3.8, 4) is 11.8 Å². The van der Waals surface area contributed by atoms with Crippen molar-refractivity contribution >= 4 is 11.9 Å². The average molecular weight is 350 g/mol. The van der Waals surface area contributed by atoms with E-state index in [-0.39, 0.29) is 5.91 Å². The monoisotopic (exact) mass is 350 g/mol. The summed E-state index contributed by atoms with van der Waals surface area (Å²) >= 11 is 0. The SMILES string of the molecule is CC[C@H](NC(=O)c1ccc(C#Cc2ccc(CN)cc2)cc1)C(=O)OC. The molecule has 26 heavy (non-hydrogen) atoms. The fourth-order valence-corrected chi connectivity index (χ4v) is 2.28. The number of amides is 1. The Morgan fingerprint density at radius 1 is 1.04 bits per heavy atom. The molecule has 2 aromatic rings. The van der Waals surface area contributed by atoms with Crippen LogP contribution in [0.25, 0.3) is 0 Å². The number of methoxy groups -OCH3 is 1. The Balaban J connectivity index is 2.04. The van der Waals surface area contributed by atoms with Crippen molar-refractivity contribution < 1.29 is 14.3 Å². The molecule has 1 amide bonds. The minimum atomic E-state index is -0.650. The molecule has 134 valence electrons. The van der Waals surface area contributed by atoms with Gasteiger partial charge in [-0.15, -0.1) is 0 Å². The largest absolute Gasteiger partial charge is 0.467 e. The summed E-state index contributed by atoms with van der Waals surface area (Å²) in [6.45, 7) is 2.31. The van der Waals surface area contributed by atoms with Crippen molar-refractivity contribution in [1.82, 2.24) is 5.32 Å². The first-order valence-electron chi connectivity index (χ1n) is 8.37. The van der Waals surface area contributed by atoms with Gasteiger partial charge in [0.15, 0.2) is 0 Å². The van der Waals surface area contributed by atoms with Crippen LogP contribution in [0.3, 0.4) is 0 Å². The first-order valence-corrected chi connectivity index (χ1v) is 8.37. The van der Waals surface area contributed by atoms with Gasteiger partial charge >= 0.3 is 5.97 Å². The predicted molar refractivity (Wildman–Crippen MR) is 100 cm³/mol. The van der Waals surface area contributed by atoms with Gasteiger partial charge in [0, 0.05) is 23.2 Å². The lowest BCUT2D eigenvalue weighted by atomic mass is 10.1. The highest BCUT2D eigenvalue weighted by atomic mass is 16.5. The minimum absolute atomic E-state index is 0.320. The zero-order valence-electron chi connectivity index (χ0n) is 14.9. The van der Waals surface area contributed by atoms with E-state index in [1.165, 1.54) is 7.11 Å². The number of hydrogen-bond acceptors (Lipinski definition) is 4. The van der Waals surface area contributed by atoms with Crippen molar-refractivity contribution in [3.05, 3.63) is 70.8 Å². The van der Waals surface area contributed by atoms with Gasteiger partial charge in [-0.25, -0.2) is 4.79 Å². The van der Waals surface area contributed by atoms with Crippen LogP contribution in [0.2, 0.25) is 0 Å². The molecular formula is C21H22N2O3. The van der Waals surface area contributed by atoms with Crippen LogP contribution in [0.1, 0.15) is 40.4 Å². The second kappa shape index (κ2) is 9.40. The number of benzene rings is 2. The molecule has 0 aliphatic carbocycles. The van der Waals surface area contributed by atoms with Crippen molar-refractivity contribution in [2.75, 3.05) is 7.11 Å². The number of rotatable bonds is 5. The lowest BCUT2D eigenvalue weighted by Gasteiger charge is -2.14. The molecular weight excluding hydrogens is 328 g/mol. The Hall–Kier alpha value is -3.10. The van der Waals surface area contributed by atoms with Crippen LogP contribution in [0.5, 0.6) is 0 Å². The molecule has 0 aromatic heterocycles. The Morgan fingerprint density at radius 2 is 1.58 bits per heavy atom. The molecule has 0 aliphatic heterocycles. The molecule has 2 rings (SSSR count). The molecule has 3 N–H and O–H groups in total. The Bertz CT molecular complexity index is 815. The molecule has 2 aromatic carbocycles. The topological polar surface area (TPSA) is 81.4 Å². The Morgan fingerprint density at radius 3 is 2.04 bits per heavy atom. The number of carbonyl (C=O) groups is 2. The summed E-state index contributed by atoms with van der Waals surface area (Å²) in [5, 5.41) is 2.66. The maximum absolute atomic E-state index is 12.2. The Kier molecular flexibility index (Phi) is 6.95. The molecule has 0 fully saturated rings. The van der Waals surface area contributed by atoms with E-state index in [2.05, 4.69) is 21.9 Å². The zero-order chi connectivity index (χ0) is 18.9. The van der Waals surface area contributed by atoms with Crippen LogP contribution >= 0.6 is 0 Å². The van der Waals surface area contributed by atoms with E-state index in [0.29, 0.717) is 18.5 Å². The molecule has 0 radical (unpaired) electrons. The zero-order valence-corrected chi connectivity index (χ0v) is 14.9. The van der Waals surface area contributed by atoms with Crippen molar-refractivity contribution in [2.24, 2.45) is 5.73 Å². The summed E-state index contributed by atoms with van der Waals surface area (Å²) in [6.07, 6.45) is 0.463. The summed E-state index contributed by atoms with van der Waals surface area (Å²) in [7, 11) is 1.30. The highest BCUT2D eigenvalue weighted by molar-refractivity contribution is 5.96. The molecule has 0 saturated carbocycles. The molecule has 0 unspecified atom stereocenters. The quantitative estimate of drug-likeness (QED) is 0.640. The van der Waals surface area contributed by atoms with Gasteiger partial charge in [-0.3, -0.25) is 4.79 Å². The van der Waals surface area contributed by atoms with E-state index in [4.69, 9.17) is 5.73 Å². The van der Waals surface area contributed by atoms with Crippen LogP contribution in [0, 0.1) is 11.8 Å². The fourth-order valence-electron chi connectivity index (χ4n) is 2.28. The second-order valence-electron chi connectivity index (χ2n) is 5.69. The Labute approximate surface area is 153 Å². The normalized spacial score (nSPS) is 11.0. The average Bonchev–Trinajstić information content (AvgIpc) is 2.70. The van der Waals surface area contributed by atoms with E-state index in [1.54, 1.807) is 31.2 Å². The maximum atomic E-state index is 12.2. The van der Waals surface area contributed by atoms with Gasteiger partial charge in [-0.05, 0) is 48.4 Å². The van der Waals surface area contributed by atoms with Gasteiger partial charge in [0.2, 0.25) is 0 Å². The van der Waals surface area contributed by atoms with E-state index in [1.807, 2.05) is 24.3 Å². The van der Waals surface area contributed by atoms with E-state index < -0.39 is 12.0 Å². The highest BCUT2D eigenvalue weighted by Crippen LogP contribution is 2.06. The third-order valence-corrected chi connectivity index (χ3v) is 3.89. The summed E-state index contributed by atoms with van der Waals surface area (Å²) in [6, 6.07) is 14.0. The fraction of sp³-hybridized carbons (Fsp3) is 0.238. The number of nitrogens with one attached hydrogen (secondary N) is 1. The molecule has 0 spiro atoms. The highest BCUT2D eigenvalue weighted by Gasteiger charge is 2.19. The molecule has 0 heterocycles. The van der Waals surface area contributed by atoms with Crippen molar-refractivity contribution in [1.29, 1.82) is 0 Å². The van der Waals surface area contributed by atoms with Gasteiger partial charge in [-0.1, -0.05) is 30.9 Å². The smallest absolute Gasteiger partial charge is 0.328 e. The maximum Gasteiger partial charge on any atom is 0.328 e. The molecule has 0 saturated heterocycles. The minimum Gasteiger partial charge on any atom is -0.467 e. The number of carbonyl (C=O) groups excluding carboxylic acids is 2.